The number of nitrogens with zero attached hydrogens (tertiary/aromatic N) is 1. The van der Waals surface area contributed by atoms with Crippen LogP contribution in [0.1, 0.15) is 26.0 Å². The van der Waals surface area contributed by atoms with Crippen molar-refractivity contribution in [3.8, 4) is 0 Å². The van der Waals surface area contributed by atoms with Crippen LogP contribution in [0.25, 0.3) is 6.08 Å². The summed E-state index contributed by atoms with van der Waals surface area (Å²) in [6.07, 6.45) is 2.87. The highest BCUT2D eigenvalue weighted by Crippen LogP contribution is 2.15. The van der Waals surface area contributed by atoms with Gasteiger partial charge in [-0.05, 0) is 48.0 Å². The quantitative estimate of drug-likeness (QED) is 0.814. The van der Waals surface area contributed by atoms with Gasteiger partial charge in [0, 0.05) is 18.7 Å². The van der Waals surface area contributed by atoms with Crippen LogP contribution in [0.3, 0.4) is 0 Å². The number of furan rings is 1. The number of carboxylic acids is 1. The first-order chi connectivity index (χ1) is 8.93. The molecule has 0 saturated carbocycles. The van der Waals surface area contributed by atoms with E-state index in [9.17, 15) is 9.59 Å². The van der Waals surface area contributed by atoms with Gasteiger partial charge in [0.15, 0.2) is 4.67 Å². The molecule has 0 aliphatic carbocycles. The van der Waals surface area contributed by atoms with E-state index < -0.39 is 5.97 Å². The third kappa shape index (κ3) is 4.90. The van der Waals surface area contributed by atoms with Gasteiger partial charge in [-0.15, -0.1) is 0 Å². The Morgan fingerprint density at radius 3 is 2.68 bits per heavy atom. The third-order valence-electron chi connectivity index (χ3n) is 2.61. The molecule has 1 aromatic rings. The first kappa shape index (κ1) is 15.5. The van der Waals surface area contributed by atoms with Crippen LogP contribution < -0.4 is 0 Å². The van der Waals surface area contributed by atoms with Gasteiger partial charge in [0.05, 0.1) is 6.42 Å². The minimum Gasteiger partial charge on any atom is -0.481 e. The highest BCUT2D eigenvalue weighted by Gasteiger charge is 2.18. The van der Waals surface area contributed by atoms with E-state index in [1.807, 2.05) is 6.92 Å². The topological polar surface area (TPSA) is 70.8 Å². The van der Waals surface area contributed by atoms with E-state index in [0.717, 1.165) is 0 Å². The second-order valence-corrected chi connectivity index (χ2v) is 4.83. The molecule has 0 aliphatic heterocycles. The molecule has 1 heterocycles. The summed E-state index contributed by atoms with van der Waals surface area (Å²) in [4.78, 5) is 24.1. The van der Waals surface area contributed by atoms with Gasteiger partial charge in [-0.2, -0.15) is 0 Å². The highest BCUT2D eigenvalue weighted by molar-refractivity contribution is 9.10. The number of hydrogen-bond donors (Lipinski definition) is 1. The average Bonchev–Trinajstić information content (AvgIpc) is 2.72. The Morgan fingerprint density at radius 1 is 1.53 bits per heavy atom. The summed E-state index contributed by atoms with van der Waals surface area (Å²) in [5.74, 6) is -0.594. The Kier molecular flexibility index (Phi) is 5.82. The summed E-state index contributed by atoms with van der Waals surface area (Å²) in [5, 5.41) is 8.74. The Bertz CT molecular complexity index is 481. The zero-order chi connectivity index (χ0) is 14.4. The van der Waals surface area contributed by atoms with Crippen molar-refractivity contribution in [1.82, 2.24) is 4.90 Å². The van der Waals surface area contributed by atoms with Gasteiger partial charge in [-0.1, -0.05) is 0 Å². The van der Waals surface area contributed by atoms with E-state index in [-0.39, 0.29) is 18.4 Å². The average molecular weight is 330 g/mol. The Labute approximate surface area is 120 Å². The fourth-order valence-corrected chi connectivity index (χ4v) is 2.03. The SMILES string of the molecule is CCN(C(=O)/C=C/c1ccc(Br)o1)C(C)CC(=O)O. The first-order valence-electron chi connectivity index (χ1n) is 5.89. The molecule has 5 nitrogen and oxygen atoms in total. The maximum absolute atomic E-state index is 12.0. The lowest BCUT2D eigenvalue weighted by molar-refractivity contribution is -0.139. The van der Waals surface area contributed by atoms with Crippen molar-refractivity contribution in [2.75, 3.05) is 6.54 Å². The zero-order valence-electron chi connectivity index (χ0n) is 10.8. The molecule has 0 aromatic carbocycles. The molecule has 1 aromatic heterocycles. The molecule has 1 amide bonds. The Morgan fingerprint density at radius 2 is 2.21 bits per heavy atom. The van der Waals surface area contributed by atoms with Crippen molar-refractivity contribution < 1.29 is 19.1 Å². The van der Waals surface area contributed by atoms with Crippen LogP contribution in [-0.2, 0) is 9.59 Å². The molecule has 0 radical (unpaired) electrons. The molecule has 1 atom stereocenters. The van der Waals surface area contributed by atoms with Crippen molar-refractivity contribution in [3.05, 3.63) is 28.6 Å². The van der Waals surface area contributed by atoms with Crippen LogP contribution >= 0.6 is 15.9 Å². The number of rotatable bonds is 6. The first-order valence-corrected chi connectivity index (χ1v) is 6.69. The van der Waals surface area contributed by atoms with Crippen molar-refractivity contribution >= 4 is 33.9 Å². The number of halogens is 1. The molecule has 0 spiro atoms. The molecule has 0 saturated heterocycles. The summed E-state index contributed by atoms with van der Waals surface area (Å²) < 4.78 is 5.83. The predicted octanol–water partition coefficient (Wildman–Crippen LogP) is 2.77. The van der Waals surface area contributed by atoms with Gasteiger partial charge in [0.25, 0.3) is 0 Å². The van der Waals surface area contributed by atoms with Crippen LogP contribution in [0, 0.1) is 0 Å². The van der Waals surface area contributed by atoms with Crippen molar-refractivity contribution in [3.63, 3.8) is 0 Å². The summed E-state index contributed by atoms with van der Waals surface area (Å²) in [6.45, 7) is 3.99. The number of carbonyl (C=O) groups excluding carboxylic acids is 1. The number of likely N-dealkylation sites (N-methyl/N-ethyl adjacent to an activating group) is 1. The predicted molar refractivity (Wildman–Crippen MR) is 74.5 cm³/mol. The normalized spacial score (nSPS) is 12.6. The lowest BCUT2D eigenvalue weighted by Crippen LogP contribution is -2.38. The maximum atomic E-state index is 12.0. The monoisotopic (exact) mass is 329 g/mol. The second-order valence-electron chi connectivity index (χ2n) is 4.05. The standard InChI is InChI=1S/C13H16BrNO4/c1-3-15(9(2)8-13(17)18)12(16)7-5-10-4-6-11(14)19-10/h4-7,9H,3,8H2,1-2H3,(H,17,18)/b7-5+. The molecule has 6 heteroatoms. The maximum Gasteiger partial charge on any atom is 0.305 e. The van der Waals surface area contributed by atoms with E-state index in [0.29, 0.717) is 17.0 Å². The molecule has 0 fully saturated rings. The van der Waals surface area contributed by atoms with Crippen molar-refractivity contribution in [2.45, 2.75) is 26.3 Å². The minimum absolute atomic E-state index is 0.0697. The number of aliphatic carboxylic acids is 1. The molecule has 0 bridgehead atoms. The number of carboxylic acid groups (broad SMARTS) is 1. The van der Waals surface area contributed by atoms with E-state index in [4.69, 9.17) is 9.52 Å². The van der Waals surface area contributed by atoms with Gasteiger partial charge in [0.2, 0.25) is 5.91 Å². The largest absolute Gasteiger partial charge is 0.481 e. The molecule has 0 aliphatic rings. The molecule has 1 N–H and O–H groups in total. The summed E-state index contributed by atoms with van der Waals surface area (Å²) >= 11 is 3.17. The summed E-state index contributed by atoms with van der Waals surface area (Å²) in [7, 11) is 0. The Balaban J connectivity index is 2.68. The zero-order valence-corrected chi connectivity index (χ0v) is 12.4. The van der Waals surface area contributed by atoms with Gasteiger partial charge in [-0.3, -0.25) is 9.59 Å². The number of carbonyl (C=O) groups is 2. The van der Waals surface area contributed by atoms with Crippen LogP contribution in [0.2, 0.25) is 0 Å². The lowest BCUT2D eigenvalue weighted by atomic mass is 10.2. The molecular formula is C13H16BrNO4. The van der Waals surface area contributed by atoms with Gasteiger partial charge in [-0.25, -0.2) is 0 Å². The van der Waals surface area contributed by atoms with Crippen LogP contribution in [-0.4, -0.2) is 34.5 Å². The fraction of sp³-hybridized carbons (Fsp3) is 0.385. The minimum atomic E-state index is -0.919. The van der Waals surface area contributed by atoms with E-state index in [2.05, 4.69) is 15.9 Å². The van der Waals surface area contributed by atoms with E-state index >= 15 is 0 Å². The van der Waals surface area contributed by atoms with E-state index in [1.165, 1.54) is 11.0 Å². The van der Waals surface area contributed by atoms with Crippen LogP contribution in [0.4, 0.5) is 0 Å². The third-order valence-corrected chi connectivity index (χ3v) is 3.04. The molecule has 104 valence electrons. The Hall–Kier alpha value is -1.56. The molecule has 19 heavy (non-hydrogen) atoms. The van der Waals surface area contributed by atoms with Gasteiger partial charge >= 0.3 is 5.97 Å². The smallest absolute Gasteiger partial charge is 0.305 e. The van der Waals surface area contributed by atoms with Gasteiger partial charge in [0.1, 0.15) is 5.76 Å². The lowest BCUT2D eigenvalue weighted by Gasteiger charge is -2.25. The number of amides is 1. The van der Waals surface area contributed by atoms with Crippen LogP contribution in [0.5, 0.6) is 0 Å². The molecular weight excluding hydrogens is 314 g/mol. The fourth-order valence-electron chi connectivity index (χ4n) is 1.71. The second kappa shape index (κ2) is 7.13. The van der Waals surface area contributed by atoms with Crippen molar-refractivity contribution in [2.24, 2.45) is 0 Å². The van der Waals surface area contributed by atoms with Crippen LogP contribution in [0.15, 0.2) is 27.3 Å². The van der Waals surface area contributed by atoms with Gasteiger partial charge < -0.3 is 14.4 Å². The van der Waals surface area contributed by atoms with Crippen molar-refractivity contribution in [1.29, 1.82) is 0 Å². The van der Waals surface area contributed by atoms with E-state index in [1.54, 1.807) is 25.1 Å². The summed E-state index contributed by atoms with van der Waals surface area (Å²) in [5.41, 5.74) is 0. The highest BCUT2D eigenvalue weighted by atomic mass is 79.9. The molecule has 1 rings (SSSR count). The summed E-state index contributed by atoms with van der Waals surface area (Å²) in [6, 6.07) is 3.11. The number of hydrogen-bond acceptors (Lipinski definition) is 3. The molecule has 1 unspecified atom stereocenters.